The summed E-state index contributed by atoms with van der Waals surface area (Å²) >= 11 is 0. The molecule has 4 heteroatoms. The second kappa shape index (κ2) is 8.47. The van der Waals surface area contributed by atoms with Crippen molar-refractivity contribution >= 4 is 9.28 Å². The number of benzene rings is 1. The van der Waals surface area contributed by atoms with E-state index in [2.05, 4.69) is 29.6 Å². The third-order valence-electron chi connectivity index (χ3n) is 2.52. The third-order valence-corrected chi connectivity index (χ3v) is 4.33. The maximum Gasteiger partial charge on any atom is 0.322 e. The second-order valence-electron chi connectivity index (χ2n) is 3.68. The molecule has 0 bridgehead atoms. The van der Waals surface area contributed by atoms with Crippen molar-refractivity contribution in [2.24, 2.45) is 0 Å². The molecule has 0 aliphatic rings. The Bertz CT molecular complexity index is 265. The number of hydrogen-bond acceptors (Lipinski definition) is 3. The van der Waals surface area contributed by atoms with E-state index in [-0.39, 0.29) is 0 Å². The lowest BCUT2D eigenvalue weighted by Gasteiger charge is -2.11. The molecule has 0 amide bonds. The maximum atomic E-state index is 5.24. The highest BCUT2D eigenvalue weighted by Crippen LogP contribution is 1.98. The molecule has 3 nitrogen and oxygen atoms in total. The van der Waals surface area contributed by atoms with Crippen LogP contribution in [0.15, 0.2) is 30.3 Å². The summed E-state index contributed by atoms with van der Waals surface area (Å²) in [6.07, 6.45) is 1.08. The van der Waals surface area contributed by atoms with Gasteiger partial charge in [-0.15, -0.1) is 0 Å². The predicted molar refractivity (Wildman–Crippen MR) is 69.0 cm³/mol. The van der Waals surface area contributed by atoms with E-state index >= 15 is 0 Å². The van der Waals surface area contributed by atoms with E-state index in [1.807, 2.05) is 6.07 Å². The first-order valence-electron chi connectivity index (χ1n) is 5.67. The van der Waals surface area contributed by atoms with Crippen molar-refractivity contribution in [3.05, 3.63) is 35.9 Å². The van der Waals surface area contributed by atoms with Crippen LogP contribution in [0.1, 0.15) is 5.56 Å². The van der Waals surface area contributed by atoms with Crippen LogP contribution < -0.4 is 5.32 Å². The molecule has 1 aromatic carbocycles. The molecule has 0 saturated carbocycles. The molecule has 0 atom stereocenters. The van der Waals surface area contributed by atoms with Crippen molar-refractivity contribution in [3.8, 4) is 0 Å². The van der Waals surface area contributed by atoms with Gasteiger partial charge in [0.1, 0.15) is 0 Å². The molecule has 90 valence electrons. The Morgan fingerprint density at radius 3 is 2.38 bits per heavy atom. The summed E-state index contributed by atoms with van der Waals surface area (Å²) in [6.45, 7) is 1.99. The highest BCUT2D eigenvalue weighted by atomic mass is 28.3. The molecule has 0 aliphatic carbocycles. The van der Waals surface area contributed by atoms with Gasteiger partial charge in [-0.05, 0) is 25.1 Å². The average Bonchev–Trinajstić information content (AvgIpc) is 2.35. The van der Waals surface area contributed by atoms with E-state index in [0.717, 1.165) is 25.6 Å². The van der Waals surface area contributed by atoms with Crippen LogP contribution in [0.2, 0.25) is 6.04 Å². The largest absolute Gasteiger partial charge is 0.400 e. The van der Waals surface area contributed by atoms with Gasteiger partial charge in [-0.1, -0.05) is 30.3 Å². The monoisotopic (exact) mass is 239 g/mol. The zero-order chi connectivity index (χ0) is 11.6. The predicted octanol–water partition coefficient (Wildman–Crippen LogP) is 1.33. The Morgan fingerprint density at radius 2 is 1.75 bits per heavy atom. The lowest BCUT2D eigenvalue weighted by Crippen LogP contribution is -2.27. The van der Waals surface area contributed by atoms with Crippen molar-refractivity contribution in [2.45, 2.75) is 12.5 Å². The molecule has 0 fully saturated rings. The van der Waals surface area contributed by atoms with Crippen LogP contribution in [0.5, 0.6) is 0 Å². The second-order valence-corrected chi connectivity index (χ2v) is 6.05. The van der Waals surface area contributed by atoms with Crippen molar-refractivity contribution in [2.75, 3.05) is 27.3 Å². The first-order valence-corrected chi connectivity index (χ1v) is 7.43. The first-order chi connectivity index (χ1) is 7.86. The molecule has 1 aromatic rings. The minimum atomic E-state index is -1.37. The van der Waals surface area contributed by atoms with Crippen LogP contribution >= 0.6 is 0 Å². The van der Waals surface area contributed by atoms with Gasteiger partial charge < -0.3 is 14.2 Å². The molecule has 0 aliphatic heterocycles. The Balaban J connectivity index is 2.04. The number of nitrogens with one attached hydrogen (secondary N) is 1. The van der Waals surface area contributed by atoms with Crippen LogP contribution in [-0.2, 0) is 15.3 Å². The Hall–Kier alpha value is -0.683. The SMILES string of the molecule is CO[SiH](CCNCCc1ccccc1)OC. The van der Waals surface area contributed by atoms with E-state index in [1.165, 1.54) is 5.56 Å². The Labute approximate surface area is 99.6 Å². The van der Waals surface area contributed by atoms with Crippen LogP contribution in [0.3, 0.4) is 0 Å². The van der Waals surface area contributed by atoms with E-state index in [9.17, 15) is 0 Å². The Morgan fingerprint density at radius 1 is 1.06 bits per heavy atom. The van der Waals surface area contributed by atoms with Gasteiger partial charge in [0.25, 0.3) is 0 Å². The highest BCUT2D eigenvalue weighted by molar-refractivity contribution is 6.44. The maximum absolute atomic E-state index is 5.24. The van der Waals surface area contributed by atoms with Crippen LogP contribution in [0, 0.1) is 0 Å². The van der Waals surface area contributed by atoms with Crippen molar-refractivity contribution in [1.29, 1.82) is 0 Å². The topological polar surface area (TPSA) is 30.5 Å². The molecule has 0 heterocycles. The quantitative estimate of drug-likeness (QED) is 0.548. The molecule has 16 heavy (non-hydrogen) atoms. The standard InChI is InChI=1S/C12H21NO2Si/c1-14-16(15-2)11-10-13-9-8-12-6-4-3-5-7-12/h3-7,13,16H,8-11H2,1-2H3. The van der Waals surface area contributed by atoms with Crippen molar-refractivity contribution < 1.29 is 8.85 Å². The van der Waals surface area contributed by atoms with Gasteiger partial charge in [-0.25, -0.2) is 0 Å². The minimum absolute atomic E-state index is 0.978. The van der Waals surface area contributed by atoms with Crippen LogP contribution in [-0.4, -0.2) is 36.6 Å². The third kappa shape index (κ3) is 5.41. The van der Waals surface area contributed by atoms with Crippen LogP contribution in [0.4, 0.5) is 0 Å². The normalized spacial score (nSPS) is 10.9. The summed E-state index contributed by atoms with van der Waals surface area (Å²) in [5.74, 6) is 0. The molecule has 1 rings (SSSR count). The molecule has 0 unspecified atom stereocenters. The summed E-state index contributed by atoms with van der Waals surface area (Å²) in [6, 6.07) is 11.5. The van der Waals surface area contributed by atoms with Gasteiger partial charge in [-0.2, -0.15) is 0 Å². The van der Waals surface area contributed by atoms with E-state index in [1.54, 1.807) is 14.2 Å². The summed E-state index contributed by atoms with van der Waals surface area (Å²) in [5, 5.41) is 3.41. The number of rotatable bonds is 8. The summed E-state index contributed by atoms with van der Waals surface area (Å²) in [4.78, 5) is 0. The molecule has 1 N–H and O–H groups in total. The van der Waals surface area contributed by atoms with E-state index in [4.69, 9.17) is 8.85 Å². The number of hydrogen-bond donors (Lipinski definition) is 1. The molecular formula is C12H21NO2Si. The zero-order valence-electron chi connectivity index (χ0n) is 10.1. The fraction of sp³-hybridized carbons (Fsp3) is 0.500. The summed E-state index contributed by atoms with van der Waals surface area (Å²) < 4.78 is 10.5. The average molecular weight is 239 g/mol. The smallest absolute Gasteiger partial charge is 0.322 e. The Kier molecular flexibility index (Phi) is 7.08. The van der Waals surface area contributed by atoms with Gasteiger partial charge >= 0.3 is 9.28 Å². The highest BCUT2D eigenvalue weighted by Gasteiger charge is 2.07. The molecule has 0 saturated heterocycles. The molecule has 0 spiro atoms. The van der Waals surface area contributed by atoms with Gasteiger partial charge in [0.15, 0.2) is 0 Å². The molecular weight excluding hydrogens is 218 g/mol. The fourth-order valence-electron chi connectivity index (χ4n) is 1.55. The van der Waals surface area contributed by atoms with Gasteiger partial charge in [0.2, 0.25) is 0 Å². The summed E-state index contributed by atoms with van der Waals surface area (Å²) in [7, 11) is 2.08. The minimum Gasteiger partial charge on any atom is -0.400 e. The molecule has 0 aromatic heterocycles. The van der Waals surface area contributed by atoms with Crippen molar-refractivity contribution in [1.82, 2.24) is 5.32 Å². The van der Waals surface area contributed by atoms with E-state index < -0.39 is 9.28 Å². The van der Waals surface area contributed by atoms with E-state index in [0.29, 0.717) is 0 Å². The van der Waals surface area contributed by atoms with Gasteiger partial charge in [0.05, 0.1) is 0 Å². The van der Waals surface area contributed by atoms with Crippen molar-refractivity contribution in [3.63, 3.8) is 0 Å². The van der Waals surface area contributed by atoms with Crippen LogP contribution in [0.25, 0.3) is 0 Å². The zero-order valence-corrected chi connectivity index (χ0v) is 11.3. The molecule has 0 radical (unpaired) electrons. The van der Waals surface area contributed by atoms with Gasteiger partial charge in [-0.3, -0.25) is 0 Å². The van der Waals surface area contributed by atoms with Gasteiger partial charge in [0, 0.05) is 20.3 Å². The fourth-order valence-corrected chi connectivity index (χ4v) is 2.66. The first kappa shape index (κ1) is 13.4. The summed E-state index contributed by atoms with van der Waals surface area (Å²) in [5.41, 5.74) is 1.38. The lowest BCUT2D eigenvalue weighted by molar-refractivity contribution is 0.277. The lowest BCUT2D eigenvalue weighted by atomic mass is 10.1.